The largest absolute Gasteiger partial charge is 0.356 e. The predicted molar refractivity (Wildman–Crippen MR) is 101 cm³/mol. The van der Waals surface area contributed by atoms with Crippen LogP contribution in [0.2, 0.25) is 10.0 Å². The minimum Gasteiger partial charge on any atom is -0.356 e. The Bertz CT molecular complexity index is 872. The monoisotopic (exact) mass is 357 g/mol. The van der Waals surface area contributed by atoms with Gasteiger partial charge in [-0.05, 0) is 49.1 Å². The topological polar surface area (TPSA) is 29.0 Å². The first-order valence-electron chi connectivity index (χ1n) is 8.17. The van der Waals surface area contributed by atoms with Crippen LogP contribution in [0.3, 0.4) is 0 Å². The molecule has 0 atom stereocenters. The van der Waals surface area contributed by atoms with Crippen molar-refractivity contribution in [1.82, 2.24) is 9.97 Å². The molecule has 3 aromatic rings. The molecular weight excluding hydrogens is 341 g/mol. The van der Waals surface area contributed by atoms with Crippen LogP contribution in [0.4, 0.5) is 5.82 Å². The molecule has 0 bridgehead atoms. The van der Waals surface area contributed by atoms with Crippen LogP contribution in [0, 0.1) is 0 Å². The van der Waals surface area contributed by atoms with Crippen molar-refractivity contribution in [3.8, 4) is 11.1 Å². The Labute approximate surface area is 151 Å². The standard InChI is InChI=1S/C19H17Cl2N3/c20-14-6-4-13(5-7-14)15-10-16-18(11-17(15)21)22-12-23-19(16)24-8-2-1-3-9-24/h4-7,10-12H,1-3,8-9H2. The summed E-state index contributed by atoms with van der Waals surface area (Å²) in [5.74, 6) is 1.01. The van der Waals surface area contributed by atoms with Gasteiger partial charge in [0, 0.05) is 29.1 Å². The molecule has 0 N–H and O–H groups in total. The maximum Gasteiger partial charge on any atom is 0.139 e. The molecule has 122 valence electrons. The van der Waals surface area contributed by atoms with E-state index in [2.05, 4.69) is 20.9 Å². The number of fused-ring (bicyclic) bond motifs is 1. The van der Waals surface area contributed by atoms with Gasteiger partial charge in [-0.2, -0.15) is 0 Å². The van der Waals surface area contributed by atoms with E-state index in [9.17, 15) is 0 Å². The van der Waals surface area contributed by atoms with Gasteiger partial charge in [0.15, 0.2) is 0 Å². The van der Waals surface area contributed by atoms with Crippen molar-refractivity contribution in [3.05, 3.63) is 52.8 Å². The second-order valence-electron chi connectivity index (χ2n) is 6.10. The highest BCUT2D eigenvalue weighted by Gasteiger charge is 2.17. The van der Waals surface area contributed by atoms with E-state index >= 15 is 0 Å². The van der Waals surface area contributed by atoms with Gasteiger partial charge in [-0.1, -0.05) is 35.3 Å². The summed E-state index contributed by atoms with van der Waals surface area (Å²) in [5, 5.41) is 2.45. The van der Waals surface area contributed by atoms with Gasteiger partial charge in [-0.15, -0.1) is 0 Å². The summed E-state index contributed by atoms with van der Waals surface area (Å²) in [6.45, 7) is 2.09. The zero-order chi connectivity index (χ0) is 16.5. The van der Waals surface area contributed by atoms with E-state index in [1.54, 1.807) is 6.33 Å². The van der Waals surface area contributed by atoms with Crippen molar-refractivity contribution in [2.75, 3.05) is 18.0 Å². The molecule has 0 unspecified atom stereocenters. The number of hydrogen-bond donors (Lipinski definition) is 0. The SMILES string of the molecule is Clc1ccc(-c2cc3c(N4CCCCC4)ncnc3cc2Cl)cc1. The number of hydrogen-bond acceptors (Lipinski definition) is 3. The molecule has 1 fully saturated rings. The Morgan fingerprint density at radius 3 is 2.38 bits per heavy atom. The third kappa shape index (κ3) is 2.94. The summed E-state index contributed by atoms with van der Waals surface area (Å²) in [5.41, 5.74) is 2.90. The molecule has 24 heavy (non-hydrogen) atoms. The lowest BCUT2D eigenvalue weighted by atomic mass is 10.0. The third-order valence-corrected chi connectivity index (χ3v) is 5.08. The zero-order valence-electron chi connectivity index (χ0n) is 13.2. The van der Waals surface area contributed by atoms with Crippen molar-refractivity contribution >= 4 is 39.9 Å². The minimum absolute atomic E-state index is 0.688. The summed E-state index contributed by atoms with van der Waals surface area (Å²) in [7, 11) is 0. The van der Waals surface area contributed by atoms with Gasteiger partial charge in [0.2, 0.25) is 0 Å². The third-order valence-electron chi connectivity index (χ3n) is 4.51. The van der Waals surface area contributed by atoms with Crippen LogP contribution < -0.4 is 4.90 Å². The van der Waals surface area contributed by atoms with E-state index in [4.69, 9.17) is 23.2 Å². The van der Waals surface area contributed by atoms with Crippen LogP contribution >= 0.6 is 23.2 Å². The van der Waals surface area contributed by atoms with Crippen LogP contribution in [0.5, 0.6) is 0 Å². The highest BCUT2D eigenvalue weighted by molar-refractivity contribution is 6.34. The molecule has 0 spiro atoms. The van der Waals surface area contributed by atoms with Gasteiger partial charge in [0.05, 0.1) is 10.5 Å². The van der Waals surface area contributed by atoms with Gasteiger partial charge in [-0.3, -0.25) is 0 Å². The summed E-state index contributed by atoms with van der Waals surface area (Å²) in [6.07, 6.45) is 5.35. The van der Waals surface area contributed by atoms with Crippen LogP contribution in [0.25, 0.3) is 22.0 Å². The van der Waals surface area contributed by atoms with Crippen LogP contribution in [-0.2, 0) is 0 Å². The molecule has 1 aromatic heterocycles. The molecule has 0 amide bonds. The number of anilines is 1. The van der Waals surface area contributed by atoms with Crippen molar-refractivity contribution in [1.29, 1.82) is 0 Å². The smallest absolute Gasteiger partial charge is 0.139 e. The molecule has 5 heteroatoms. The molecule has 0 saturated carbocycles. The summed E-state index contributed by atoms with van der Waals surface area (Å²) < 4.78 is 0. The highest BCUT2D eigenvalue weighted by Crippen LogP contribution is 2.35. The average Bonchev–Trinajstić information content (AvgIpc) is 2.62. The maximum atomic E-state index is 6.51. The van der Waals surface area contributed by atoms with Crippen LogP contribution in [0.15, 0.2) is 42.7 Å². The average molecular weight is 358 g/mol. The number of piperidine rings is 1. The van der Waals surface area contributed by atoms with Gasteiger partial charge >= 0.3 is 0 Å². The minimum atomic E-state index is 0.688. The zero-order valence-corrected chi connectivity index (χ0v) is 14.7. The molecule has 1 aliphatic heterocycles. The highest BCUT2D eigenvalue weighted by atomic mass is 35.5. The molecule has 1 aliphatic rings. The fourth-order valence-corrected chi connectivity index (χ4v) is 3.67. The second-order valence-corrected chi connectivity index (χ2v) is 6.94. The van der Waals surface area contributed by atoms with E-state index in [0.717, 1.165) is 40.9 Å². The van der Waals surface area contributed by atoms with Gasteiger partial charge in [0.25, 0.3) is 0 Å². The van der Waals surface area contributed by atoms with E-state index in [1.807, 2.05) is 30.3 Å². The van der Waals surface area contributed by atoms with E-state index in [-0.39, 0.29) is 0 Å². The van der Waals surface area contributed by atoms with Crippen molar-refractivity contribution < 1.29 is 0 Å². The van der Waals surface area contributed by atoms with Gasteiger partial charge < -0.3 is 4.90 Å². The van der Waals surface area contributed by atoms with Crippen LogP contribution in [0.1, 0.15) is 19.3 Å². The number of nitrogens with zero attached hydrogens (tertiary/aromatic N) is 3. The number of rotatable bonds is 2. The Hall–Kier alpha value is -1.84. The van der Waals surface area contributed by atoms with Gasteiger partial charge in [0.1, 0.15) is 12.1 Å². The number of aromatic nitrogens is 2. The van der Waals surface area contributed by atoms with E-state index < -0.39 is 0 Å². The van der Waals surface area contributed by atoms with Crippen molar-refractivity contribution in [3.63, 3.8) is 0 Å². The molecular formula is C19H17Cl2N3. The molecule has 3 nitrogen and oxygen atoms in total. The summed E-state index contributed by atoms with van der Waals surface area (Å²) in [6, 6.07) is 11.8. The molecule has 1 saturated heterocycles. The Morgan fingerprint density at radius 1 is 0.875 bits per heavy atom. The number of halogens is 2. The molecule has 2 heterocycles. The first kappa shape index (κ1) is 15.7. The van der Waals surface area contributed by atoms with Crippen LogP contribution in [-0.4, -0.2) is 23.1 Å². The Morgan fingerprint density at radius 2 is 1.62 bits per heavy atom. The Kier molecular flexibility index (Phi) is 4.30. The fourth-order valence-electron chi connectivity index (χ4n) is 3.27. The van der Waals surface area contributed by atoms with Crippen molar-refractivity contribution in [2.45, 2.75) is 19.3 Å². The molecule has 2 aromatic carbocycles. The first-order valence-corrected chi connectivity index (χ1v) is 8.93. The van der Waals surface area contributed by atoms with Gasteiger partial charge in [-0.25, -0.2) is 9.97 Å². The Balaban J connectivity index is 1.86. The van der Waals surface area contributed by atoms with Crippen molar-refractivity contribution in [2.24, 2.45) is 0 Å². The first-order chi connectivity index (χ1) is 11.7. The normalized spacial score (nSPS) is 15.0. The molecule has 0 radical (unpaired) electrons. The molecule has 0 aliphatic carbocycles. The molecule has 4 rings (SSSR count). The quantitative estimate of drug-likeness (QED) is 0.598. The summed E-state index contributed by atoms with van der Waals surface area (Å²) in [4.78, 5) is 11.3. The van der Waals surface area contributed by atoms with E-state index in [1.165, 1.54) is 19.3 Å². The number of benzene rings is 2. The van der Waals surface area contributed by atoms with E-state index in [0.29, 0.717) is 10.0 Å². The predicted octanol–water partition coefficient (Wildman–Crippen LogP) is 5.59. The summed E-state index contributed by atoms with van der Waals surface area (Å²) >= 11 is 12.5. The lowest BCUT2D eigenvalue weighted by Gasteiger charge is -2.28. The lowest BCUT2D eigenvalue weighted by molar-refractivity contribution is 0.574. The second kappa shape index (κ2) is 6.58. The maximum absolute atomic E-state index is 6.51. The fraction of sp³-hybridized carbons (Fsp3) is 0.263. The lowest BCUT2D eigenvalue weighted by Crippen LogP contribution is -2.30.